The number of anilines is 3. The number of nitrogens with zero attached hydrogens (tertiary/aromatic N) is 5. The first-order valence-electron chi connectivity index (χ1n) is 13.9. The highest BCUT2D eigenvalue weighted by atomic mass is 32.1. The number of allylic oxidation sites excluding steroid dienone is 2. The number of aromatic nitrogens is 5. The summed E-state index contributed by atoms with van der Waals surface area (Å²) in [6.45, 7) is 0.119. The molecule has 0 unspecified atom stereocenters. The first kappa shape index (κ1) is 29.7. The third-order valence-electron chi connectivity index (χ3n) is 7.03. The summed E-state index contributed by atoms with van der Waals surface area (Å²) in [6.07, 6.45) is 1.68. The average molecular weight is 635 g/mol. The van der Waals surface area contributed by atoms with Crippen LogP contribution in [0, 0.1) is 0 Å². The second-order valence-electron chi connectivity index (χ2n) is 10.1. The van der Waals surface area contributed by atoms with Crippen molar-refractivity contribution in [3.05, 3.63) is 89.5 Å². The van der Waals surface area contributed by atoms with Crippen molar-refractivity contribution in [1.82, 2.24) is 25.6 Å². The zero-order valence-electron chi connectivity index (χ0n) is 23.5. The average Bonchev–Trinajstić information content (AvgIpc) is 3.70. The van der Waals surface area contributed by atoms with Crippen molar-refractivity contribution in [3.63, 3.8) is 0 Å². The summed E-state index contributed by atoms with van der Waals surface area (Å²) in [5.74, 6) is -0.856. The highest BCUT2D eigenvalue weighted by molar-refractivity contribution is 7.22. The third-order valence-corrected chi connectivity index (χ3v) is 7.97. The fourth-order valence-corrected chi connectivity index (χ4v) is 5.78. The lowest BCUT2D eigenvalue weighted by Gasteiger charge is -2.23. The number of H-pyrrole nitrogens is 1. The molecule has 0 fully saturated rings. The van der Waals surface area contributed by atoms with Gasteiger partial charge in [0, 0.05) is 11.3 Å². The zero-order valence-corrected chi connectivity index (χ0v) is 24.3. The number of thiazole rings is 1. The first-order chi connectivity index (χ1) is 21.7. The number of para-hydroxylation sites is 1. The van der Waals surface area contributed by atoms with Crippen molar-refractivity contribution in [1.29, 1.82) is 0 Å². The molecule has 1 aliphatic carbocycles. The van der Waals surface area contributed by atoms with E-state index in [0.29, 0.717) is 21.5 Å². The van der Waals surface area contributed by atoms with Gasteiger partial charge in [-0.3, -0.25) is 20.3 Å². The molecule has 0 radical (unpaired) electrons. The number of fused-ring (bicyclic) bond motifs is 1. The minimum atomic E-state index is -4.89. The Balaban J connectivity index is 1.25. The van der Waals surface area contributed by atoms with Gasteiger partial charge in [-0.2, -0.15) is 5.21 Å². The first-order valence-corrected chi connectivity index (χ1v) is 14.7. The maximum Gasteiger partial charge on any atom is 0.573 e. The highest BCUT2D eigenvalue weighted by Crippen LogP contribution is 2.35. The van der Waals surface area contributed by atoms with Crippen LogP contribution in [0.1, 0.15) is 47.2 Å². The molecule has 1 aliphatic rings. The van der Waals surface area contributed by atoms with E-state index in [1.165, 1.54) is 29.0 Å². The number of halogens is 3. The van der Waals surface area contributed by atoms with Crippen molar-refractivity contribution in [3.8, 4) is 5.75 Å². The van der Waals surface area contributed by atoms with Crippen LogP contribution in [0.25, 0.3) is 15.8 Å². The lowest BCUT2D eigenvalue weighted by atomic mass is 9.93. The monoisotopic (exact) mass is 634 g/mol. The maximum atomic E-state index is 13.7. The van der Waals surface area contributed by atoms with Crippen LogP contribution in [0.3, 0.4) is 0 Å². The molecule has 45 heavy (non-hydrogen) atoms. The predicted octanol–water partition coefficient (Wildman–Crippen LogP) is 7.16. The molecule has 3 aromatic carbocycles. The Hall–Kier alpha value is -5.31. The van der Waals surface area contributed by atoms with E-state index >= 15 is 0 Å². The van der Waals surface area contributed by atoms with Crippen LogP contribution in [0.4, 0.5) is 34.7 Å². The summed E-state index contributed by atoms with van der Waals surface area (Å²) in [5, 5.41) is 18.4. The number of rotatable bonds is 8. The van der Waals surface area contributed by atoms with Crippen LogP contribution < -0.4 is 20.3 Å². The molecular formula is C30H25F3N8O3S. The number of urea groups is 1. The van der Waals surface area contributed by atoms with Crippen molar-refractivity contribution < 1.29 is 27.5 Å². The van der Waals surface area contributed by atoms with Crippen LogP contribution in [0.2, 0.25) is 0 Å². The lowest BCUT2D eigenvalue weighted by Crippen LogP contribution is -2.34. The number of amides is 3. The molecule has 0 saturated heterocycles. The van der Waals surface area contributed by atoms with Crippen molar-refractivity contribution >= 4 is 55.8 Å². The van der Waals surface area contributed by atoms with E-state index in [1.54, 1.807) is 30.3 Å². The summed E-state index contributed by atoms with van der Waals surface area (Å²) in [4.78, 5) is 32.0. The normalized spacial score (nSPS) is 13.3. The lowest BCUT2D eigenvalue weighted by molar-refractivity contribution is -0.274. The second kappa shape index (κ2) is 12.7. The van der Waals surface area contributed by atoms with Gasteiger partial charge in [0.2, 0.25) is 0 Å². The number of hydrogen-bond donors (Lipinski definition) is 3. The molecule has 6 rings (SSSR count). The van der Waals surface area contributed by atoms with Crippen LogP contribution >= 0.6 is 11.3 Å². The minimum absolute atomic E-state index is 0.0125. The maximum absolute atomic E-state index is 13.7. The van der Waals surface area contributed by atoms with Gasteiger partial charge in [-0.05, 0) is 84.0 Å². The quantitative estimate of drug-likeness (QED) is 0.165. The molecule has 0 atom stereocenters. The van der Waals surface area contributed by atoms with Crippen molar-refractivity contribution in [2.45, 2.75) is 38.6 Å². The van der Waals surface area contributed by atoms with Gasteiger partial charge in [-0.15, -0.1) is 18.3 Å². The summed E-state index contributed by atoms with van der Waals surface area (Å²) < 4.78 is 43.3. The van der Waals surface area contributed by atoms with E-state index in [9.17, 15) is 22.8 Å². The van der Waals surface area contributed by atoms with Gasteiger partial charge >= 0.3 is 12.4 Å². The predicted molar refractivity (Wildman–Crippen MR) is 163 cm³/mol. The van der Waals surface area contributed by atoms with Gasteiger partial charge in [0.1, 0.15) is 5.52 Å². The minimum Gasteiger partial charge on any atom is -0.403 e. The Morgan fingerprint density at radius 1 is 1.00 bits per heavy atom. The molecule has 0 aliphatic heterocycles. The van der Waals surface area contributed by atoms with E-state index < -0.39 is 24.1 Å². The molecule has 2 aromatic heterocycles. The Morgan fingerprint density at radius 2 is 1.80 bits per heavy atom. The summed E-state index contributed by atoms with van der Waals surface area (Å²) in [6, 6.07) is 17.9. The Labute approximate surface area is 258 Å². The molecule has 3 N–H and O–H groups in total. The number of nitrogens with one attached hydrogen (secondary N) is 3. The number of ether oxygens (including phenoxy) is 1. The van der Waals surface area contributed by atoms with E-state index in [2.05, 4.69) is 47.1 Å². The Morgan fingerprint density at radius 3 is 2.49 bits per heavy atom. The van der Waals surface area contributed by atoms with Crippen molar-refractivity contribution in [2.75, 3.05) is 15.5 Å². The number of alkyl halides is 3. The fourth-order valence-electron chi connectivity index (χ4n) is 4.91. The van der Waals surface area contributed by atoms with Crippen LogP contribution in [-0.2, 0) is 6.54 Å². The van der Waals surface area contributed by atoms with Crippen molar-refractivity contribution in [2.24, 2.45) is 0 Å². The molecule has 3 amide bonds. The van der Waals surface area contributed by atoms with E-state index in [0.717, 1.165) is 36.2 Å². The molecule has 15 heteroatoms. The Bertz CT molecular complexity index is 1840. The second-order valence-corrected chi connectivity index (χ2v) is 11.1. The van der Waals surface area contributed by atoms with Crippen LogP contribution in [0.15, 0.2) is 72.8 Å². The van der Waals surface area contributed by atoms with Gasteiger partial charge in [0.25, 0.3) is 11.9 Å². The molecule has 0 bridgehead atoms. The number of hydrogen-bond acceptors (Lipinski definition) is 8. The molecular weight excluding hydrogens is 609 g/mol. The fraction of sp³-hybridized carbons (Fsp3) is 0.200. The number of benzene rings is 3. The van der Waals surface area contributed by atoms with Gasteiger partial charge < -0.3 is 4.74 Å². The van der Waals surface area contributed by atoms with E-state index in [4.69, 9.17) is 0 Å². The van der Waals surface area contributed by atoms with Gasteiger partial charge in [-0.1, -0.05) is 52.8 Å². The Kier molecular flexibility index (Phi) is 8.42. The van der Waals surface area contributed by atoms with Crippen LogP contribution in [0.5, 0.6) is 5.75 Å². The summed E-state index contributed by atoms with van der Waals surface area (Å²) >= 11 is 1.03. The third kappa shape index (κ3) is 7.26. The molecule has 2 heterocycles. The highest BCUT2D eigenvalue weighted by Gasteiger charge is 2.32. The van der Waals surface area contributed by atoms with Gasteiger partial charge in [0.05, 0.1) is 11.2 Å². The molecule has 11 nitrogen and oxygen atoms in total. The standard InChI is InChI=1S/C30H25F3N8O3S/c31-30(32,33)44-23-7-4-8-24-25(23)34-28(45-24)36-29(43)41(22-15-13-20(14-16-22)19-5-2-1-3-6-19)17-18-9-11-21(12-10-18)26(42)35-27-37-39-40-38-27/h4-5,7-16H,1-3,6,17H2,(H,34,36,43)(H2,35,37,38,39,40,42). The number of carbonyl (C=O) groups is 2. The SMILES string of the molecule is O=C(Nc1nn[nH]n1)c1ccc(CN(C(=O)Nc2nc3c(OC(F)(F)F)cccc3s2)c2ccc(C3=CCCCC3)cc2)cc1. The topological polar surface area (TPSA) is 138 Å². The number of carbonyl (C=O) groups excluding carboxylic acids is 2. The summed E-state index contributed by atoms with van der Waals surface area (Å²) in [7, 11) is 0. The molecule has 5 aromatic rings. The number of aromatic amines is 1. The van der Waals surface area contributed by atoms with Gasteiger partial charge in [0.15, 0.2) is 10.9 Å². The van der Waals surface area contributed by atoms with Crippen LogP contribution in [-0.4, -0.2) is 43.9 Å². The van der Waals surface area contributed by atoms with Gasteiger partial charge in [-0.25, -0.2) is 9.78 Å². The zero-order chi connectivity index (χ0) is 31.4. The summed E-state index contributed by atoms with van der Waals surface area (Å²) in [5.41, 5.74) is 3.99. The molecule has 0 saturated carbocycles. The van der Waals surface area contributed by atoms with E-state index in [-0.39, 0.29) is 23.1 Å². The molecule has 0 spiro atoms. The van der Waals surface area contributed by atoms with E-state index in [1.807, 2.05) is 24.3 Å². The number of tetrazole rings is 1. The smallest absolute Gasteiger partial charge is 0.403 e. The largest absolute Gasteiger partial charge is 0.573 e. The molecule has 230 valence electrons.